The Bertz CT molecular complexity index is 394. The van der Waals surface area contributed by atoms with Crippen molar-refractivity contribution in [2.24, 2.45) is 5.73 Å². The third kappa shape index (κ3) is 2.03. The van der Waals surface area contributed by atoms with Gasteiger partial charge in [-0.15, -0.1) is 0 Å². The smallest absolute Gasteiger partial charge is 0.284 e. The van der Waals surface area contributed by atoms with E-state index < -0.39 is 18.0 Å². The summed E-state index contributed by atoms with van der Waals surface area (Å²) in [5.41, 5.74) is 4.91. The highest BCUT2D eigenvalue weighted by molar-refractivity contribution is 5.94. The van der Waals surface area contributed by atoms with E-state index in [-0.39, 0.29) is 16.9 Å². The van der Waals surface area contributed by atoms with Gasteiger partial charge in [0.2, 0.25) is 0 Å². The standard InChI is InChI=1S/C9H10F2N2O2/c1-4-5(9(12)14)3-13-6(8(10)11)7(4)15-2/h3,8H,1-2H3,(H2,12,14). The number of nitrogens with zero attached hydrogens (tertiary/aromatic N) is 1. The van der Waals surface area contributed by atoms with Gasteiger partial charge in [0.1, 0.15) is 11.4 Å². The van der Waals surface area contributed by atoms with E-state index in [2.05, 4.69) is 4.98 Å². The van der Waals surface area contributed by atoms with Gasteiger partial charge in [0, 0.05) is 11.8 Å². The molecule has 0 saturated heterocycles. The number of hydrogen-bond acceptors (Lipinski definition) is 3. The van der Waals surface area contributed by atoms with Crippen molar-refractivity contribution in [1.82, 2.24) is 4.98 Å². The van der Waals surface area contributed by atoms with Crippen LogP contribution in [0, 0.1) is 6.92 Å². The zero-order valence-corrected chi connectivity index (χ0v) is 8.25. The number of carbonyl (C=O) groups excluding carboxylic acids is 1. The third-order valence-corrected chi connectivity index (χ3v) is 1.99. The van der Waals surface area contributed by atoms with Crippen LogP contribution in [0.15, 0.2) is 6.20 Å². The number of methoxy groups -OCH3 is 1. The number of primary amides is 1. The fourth-order valence-electron chi connectivity index (χ4n) is 1.27. The maximum Gasteiger partial charge on any atom is 0.284 e. The molecule has 1 aromatic heterocycles. The summed E-state index contributed by atoms with van der Waals surface area (Å²) in [5.74, 6) is -0.819. The summed E-state index contributed by atoms with van der Waals surface area (Å²) in [7, 11) is 1.24. The van der Waals surface area contributed by atoms with Gasteiger partial charge in [0.25, 0.3) is 12.3 Å². The van der Waals surface area contributed by atoms with E-state index >= 15 is 0 Å². The Morgan fingerprint density at radius 2 is 2.20 bits per heavy atom. The van der Waals surface area contributed by atoms with Gasteiger partial charge in [-0.3, -0.25) is 9.78 Å². The molecule has 1 aromatic rings. The molecule has 0 unspecified atom stereocenters. The van der Waals surface area contributed by atoms with Crippen molar-refractivity contribution in [3.05, 3.63) is 23.0 Å². The van der Waals surface area contributed by atoms with Crippen molar-refractivity contribution in [3.63, 3.8) is 0 Å². The lowest BCUT2D eigenvalue weighted by atomic mass is 10.1. The van der Waals surface area contributed by atoms with E-state index in [4.69, 9.17) is 10.5 Å². The lowest BCUT2D eigenvalue weighted by Gasteiger charge is -2.11. The molecule has 1 amide bonds. The quantitative estimate of drug-likeness (QED) is 0.831. The first-order chi connectivity index (χ1) is 6.99. The SMILES string of the molecule is COc1c(C(F)F)ncc(C(N)=O)c1C. The molecule has 82 valence electrons. The van der Waals surface area contributed by atoms with Crippen LogP contribution in [0.1, 0.15) is 28.0 Å². The topological polar surface area (TPSA) is 65.2 Å². The first kappa shape index (κ1) is 11.4. The average molecular weight is 216 g/mol. The number of ether oxygens (including phenoxy) is 1. The Kier molecular flexibility index (Phi) is 3.18. The van der Waals surface area contributed by atoms with Crippen LogP contribution in [0.3, 0.4) is 0 Å². The van der Waals surface area contributed by atoms with Gasteiger partial charge < -0.3 is 10.5 Å². The third-order valence-electron chi connectivity index (χ3n) is 1.99. The molecule has 0 aliphatic carbocycles. The minimum Gasteiger partial charge on any atom is -0.494 e. The Labute approximate surface area is 85.1 Å². The summed E-state index contributed by atoms with van der Waals surface area (Å²) < 4.78 is 29.7. The monoisotopic (exact) mass is 216 g/mol. The molecule has 0 aromatic carbocycles. The van der Waals surface area contributed by atoms with E-state index in [0.29, 0.717) is 0 Å². The van der Waals surface area contributed by atoms with Crippen LogP contribution in [0.5, 0.6) is 5.75 Å². The predicted octanol–water partition coefficient (Wildman–Crippen LogP) is 1.44. The van der Waals surface area contributed by atoms with Crippen molar-refractivity contribution >= 4 is 5.91 Å². The number of rotatable bonds is 3. The van der Waals surface area contributed by atoms with Crippen molar-refractivity contribution in [1.29, 1.82) is 0 Å². The van der Waals surface area contributed by atoms with Gasteiger partial charge in [0.15, 0.2) is 0 Å². The highest BCUT2D eigenvalue weighted by Crippen LogP contribution is 2.31. The Balaban J connectivity index is 3.39. The lowest BCUT2D eigenvalue weighted by molar-refractivity contribution is 0.0997. The molecular formula is C9H10F2N2O2. The molecule has 0 saturated carbocycles. The van der Waals surface area contributed by atoms with Crippen molar-refractivity contribution in [2.45, 2.75) is 13.3 Å². The zero-order valence-electron chi connectivity index (χ0n) is 8.25. The molecular weight excluding hydrogens is 206 g/mol. The average Bonchev–Trinajstić information content (AvgIpc) is 2.16. The second kappa shape index (κ2) is 4.20. The van der Waals surface area contributed by atoms with E-state index in [1.165, 1.54) is 14.0 Å². The second-order valence-electron chi connectivity index (χ2n) is 2.88. The molecule has 0 atom stereocenters. The van der Waals surface area contributed by atoms with Crippen LogP contribution in [0.25, 0.3) is 0 Å². The summed E-state index contributed by atoms with van der Waals surface area (Å²) in [6.45, 7) is 1.48. The number of aromatic nitrogens is 1. The van der Waals surface area contributed by atoms with E-state index in [1.54, 1.807) is 0 Å². The van der Waals surface area contributed by atoms with Crippen LogP contribution in [0.2, 0.25) is 0 Å². The molecule has 1 heterocycles. The summed E-state index contributed by atoms with van der Waals surface area (Å²) in [6.07, 6.45) is -1.72. The van der Waals surface area contributed by atoms with Crippen molar-refractivity contribution < 1.29 is 18.3 Å². The highest BCUT2D eigenvalue weighted by atomic mass is 19.3. The number of amides is 1. The van der Waals surface area contributed by atoms with Crippen LogP contribution in [-0.2, 0) is 0 Å². The Morgan fingerprint density at radius 1 is 1.60 bits per heavy atom. The molecule has 0 fully saturated rings. The van der Waals surface area contributed by atoms with Gasteiger partial charge in [0.05, 0.1) is 12.7 Å². The molecule has 4 nitrogen and oxygen atoms in total. The number of alkyl halides is 2. The molecule has 0 bridgehead atoms. The Morgan fingerprint density at radius 3 is 2.60 bits per heavy atom. The summed E-state index contributed by atoms with van der Waals surface area (Å²) >= 11 is 0. The van der Waals surface area contributed by atoms with Crippen LogP contribution < -0.4 is 10.5 Å². The predicted molar refractivity (Wildman–Crippen MR) is 49.0 cm³/mol. The highest BCUT2D eigenvalue weighted by Gasteiger charge is 2.21. The van der Waals surface area contributed by atoms with Gasteiger partial charge in [-0.05, 0) is 6.92 Å². The van der Waals surface area contributed by atoms with E-state index in [9.17, 15) is 13.6 Å². The molecule has 0 radical (unpaired) electrons. The number of halogens is 2. The summed E-state index contributed by atoms with van der Waals surface area (Å²) in [6, 6.07) is 0. The van der Waals surface area contributed by atoms with Crippen LogP contribution in [0.4, 0.5) is 8.78 Å². The maximum atomic E-state index is 12.5. The second-order valence-corrected chi connectivity index (χ2v) is 2.88. The van der Waals surface area contributed by atoms with E-state index in [0.717, 1.165) is 6.20 Å². The van der Waals surface area contributed by atoms with E-state index in [1.807, 2.05) is 0 Å². The molecule has 2 N–H and O–H groups in total. The largest absolute Gasteiger partial charge is 0.494 e. The molecule has 1 rings (SSSR count). The minimum atomic E-state index is -2.75. The number of hydrogen-bond donors (Lipinski definition) is 1. The van der Waals surface area contributed by atoms with Gasteiger partial charge in [-0.2, -0.15) is 0 Å². The fourth-order valence-corrected chi connectivity index (χ4v) is 1.27. The number of pyridine rings is 1. The van der Waals surface area contributed by atoms with Crippen molar-refractivity contribution in [3.8, 4) is 5.75 Å². The molecule has 0 aliphatic heterocycles. The van der Waals surface area contributed by atoms with Crippen LogP contribution >= 0.6 is 0 Å². The molecule has 0 aliphatic rings. The fraction of sp³-hybridized carbons (Fsp3) is 0.333. The molecule has 6 heteroatoms. The van der Waals surface area contributed by atoms with Crippen molar-refractivity contribution in [2.75, 3.05) is 7.11 Å². The number of nitrogens with two attached hydrogens (primary N) is 1. The van der Waals surface area contributed by atoms with Gasteiger partial charge in [-0.25, -0.2) is 8.78 Å². The molecule has 0 spiro atoms. The lowest BCUT2D eigenvalue weighted by Crippen LogP contribution is -2.14. The number of carbonyl (C=O) groups is 1. The van der Waals surface area contributed by atoms with Gasteiger partial charge >= 0.3 is 0 Å². The first-order valence-corrected chi connectivity index (χ1v) is 4.10. The molecule has 15 heavy (non-hydrogen) atoms. The summed E-state index contributed by atoms with van der Waals surface area (Å²) in [5, 5.41) is 0. The summed E-state index contributed by atoms with van der Waals surface area (Å²) in [4.78, 5) is 14.4. The maximum absolute atomic E-state index is 12.5. The normalized spacial score (nSPS) is 10.5. The van der Waals surface area contributed by atoms with Gasteiger partial charge in [-0.1, -0.05) is 0 Å². The first-order valence-electron chi connectivity index (χ1n) is 4.10. The Hall–Kier alpha value is -1.72. The minimum absolute atomic E-state index is 0.0799. The zero-order chi connectivity index (χ0) is 11.6. The van der Waals surface area contributed by atoms with Crippen LogP contribution in [-0.4, -0.2) is 18.0 Å².